The van der Waals surface area contributed by atoms with E-state index in [9.17, 15) is 9.18 Å². The highest BCUT2D eigenvalue weighted by Crippen LogP contribution is 2.25. The molecule has 2 aromatic heterocycles. The lowest BCUT2D eigenvalue weighted by Gasteiger charge is -2.07. The average molecular weight is 305 g/mol. The maximum absolute atomic E-state index is 13.8. The lowest BCUT2D eigenvalue weighted by molar-refractivity contribution is 0.386. The summed E-state index contributed by atoms with van der Waals surface area (Å²) in [7, 11) is 1.41. The van der Waals surface area contributed by atoms with Crippen LogP contribution in [0, 0.1) is 5.82 Å². The molecule has 0 aliphatic heterocycles. The van der Waals surface area contributed by atoms with Gasteiger partial charge in [0.2, 0.25) is 0 Å². The van der Waals surface area contributed by atoms with Crippen LogP contribution >= 0.6 is 11.6 Å². The van der Waals surface area contributed by atoms with Gasteiger partial charge in [-0.05, 0) is 35.4 Å². The second-order valence-electron chi connectivity index (χ2n) is 4.41. The molecule has 0 spiro atoms. The van der Waals surface area contributed by atoms with E-state index in [1.165, 1.54) is 29.7 Å². The molecule has 3 rings (SSSR count). The van der Waals surface area contributed by atoms with Gasteiger partial charge in [0.05, 0.1) is 7.11 Å². The largest absolute Gasteiger partial charge is 0.494 e. The molecule has 1 aromatic carbocycles. The molecule has 0 amide bonds. The molecule has 0 saturated heterocycles. The third kappa shape index (κ3) is 2.48. The second-order valence-corrected chi connectivity index (χ2v) is 4.80. The van der Waals surface area contributed by atoms with Crippen molar-refractivity contribution in [2.45, 2.75) is 0 Å². The molecule has 4 nitrogen and oxygen atoms in total. The fourth-order valence-electron chi connectivity index (χ4n) is 2.09. The van der Waals surface area contributed by atoms with Crippen LogP contribution in [0.15, 0.2) is 47.4 Å². The van der Waals surface area contributed by atoms with E-state index in [1.807, 2.05) is 0 Å². The van der Waals surface area contributed by atoms with E-state index in [0.29, 0.717) is 16.8 Å². The van der Waals surface area contributed by atoms with Gasteiger partial charge < -0.3 is 4.74 Å². The molecule has 0 radical (unpaired) electrons. The van der Waals surface area contributed by atoms with Crippen LogP contribution in [0.25, 0.3) is 16.8 Å². The van der Waals surface area contributed by atoms with Crippen molar-refractivity contribution in [3.63, 3.8) is 0 Å². The standard InChI is InChI=1S/C15H10ClFN2O2/c1-21-12-4-2-9(6-11(12)17)10-3-5-14-18-13(16)7-15(20)19(14)8-10/h2-8H,1H3. The number of rotatable bonds is 2. The topological polar surface area (TPSA) is 43.6 Å². The monoisotopic (exact) mass is 304 g/mol. The summed E-state index contributed by atoms with van der Waals surface area (Å²) < 4.78 is 20.0. The first-order chi connectivity index (χ1) is 10.1. The molecular formula is C15H10ClFN2O2. The Hall–Kier alpha value is -2.40. The van der Waals surface area contributed by atoms with Gasteiger partial charge in [-0.2, -0.15) is 0 Å². The van der Waals surface area contributed by atoms with Gasteiger partial charge in [0, 0.05) is 12.3 Å². The Bertz CT molecular complexity index is 892. The third-order valence-electron chi connectivity index (χ3n) is 3.11. The van der Waals surface area contributed by atoms with Gasteiger partial charge in [0.25, 0.3) is 5.56 Å². The van der Waals surface area contributed by atoms with Crippen molar-refractivity contribution in [1.82, 2.24) is 9.38 Å². The van der Waals surface area contributed by atoms with Gasteiger partial charge >= 0.3 is 0 Å². The van der Waals surface area contributed by atoms with Crippen molar-refractivity contribution in [1.29, 1.82) is 0 Å². The van der Waals surface area contributed by atoms with E-state index in [0.717, 1.165) is 0 Å². The summed E-state index contributed by atoms with van der Waals surface area (Å²) in [5.41, 5.74) is 1.47. The molecule has 0 bridgehead atoms. The Balaban J connectivity index is 2.17. The van der Waals surface area contributed by atoms with Gasteiger partial charge in [-0.25, -0.2) is 9.37 Å². The Morgan fingerprint density at radius 3 is 2.67 bits per heavy atom. The molecular weight excluding hydrogens is 295 g/mol. The number of aromatic nitrogens is 2. The summed E-state index contributed by atoms with van der Waals surface area (Å²) in [5.74, 6) is -0.290. The number of halogens is 2. The zero-order valence-corrected chi connectivity index (χ0v) is 11.8. The van der Waals surface area contributed by atoms with E-state index in [-0.39, 0.29) is 16.5 Å². The highest BCUT2D eigenvalue weighted by molar-refractivity contribution is 6.29. The molecule has 21 heavy (non-hydrogen) atoms. The smallest absolute Gasteiger partial charge is 0.259 e. The molecule has 0 aliphatic carbocycles. The molecule has 0 saturated carbocycles. The first-order valence-corrected chi connectivity index (χ1v) is 6.49. The van der Waals surface area contributed by atoms with Crippen LogP contribution in [0.4, 0.5) is 4.39 Å². The zero-order chi connectivity index (χ0) is 15.0. The molecule has 0 fully saturated rings. The van der Waals surface area contributed by atoms with E-state index < -0.39 is 5.82 Å². The molecule has 0 unspecified atom stereocenters. The fraction of sp³-hybridized carbons (Fsp3) is 0.0667. The number of pyridine rings is 1. The number of nitrogens with zero attached hydrogens (tertiary/aromatic N) is 2. The predicted molar refractivity (Wildman–Crippen MR) is 78.4 cm³/mol. The average Bonchev–Trinajstić information content (AvgIpc) is 2.46. The van der Waals surface area contributed by atoms with Gasteiger partial charge in [-0.15, -0.1) is 0 Å². The van der Waals surface area contributed by atoms with Gasteiger partial charge in [0.1, 0.15) is 10.8 Å². The molecule has 6 heteroatoms. The normalized spacial score (nSPS) is 10.8. The molecule has 2 heterocycles. The van der Waals surface area contributed by atoms with E-state index >= 15 is 0 Å². The molecule has 0 atom stereocenters. The summed E-state index contributed by atoms with van der Waals surface area (Å²) in [6, 6.07) is 9.25. The number of hydrogen-bond acceptors (Lipinski definition) is 3. The maximum Gasteiger partial charge on any atom is 0.259 e. The molecule has 3 aromatic rings. The zero-order valence-electron chi connectivity index (χ0n) is 11.0. The maximum atomic E-state index is 13.8. The number of methoxy groups -OCH3 is 1. The lowest BCUT2D eigenvalue weighted by Crippen LogP contribution is -2.13. The van der Waals surface area contributed by atoms with Crippen LogP contribution in [0.3, 0.4) is 0 Å². The SMILES string of the molecule is COc1ccc(-c2ccc3nc(Cl)cc(=O)n3c2)cc1F. The Morgan fingerprint density at radius 2 is 1.95 bits per heavy atom. The van der Waals surface area contributed by atoms with Gasteiger partial charge in [-0.1, -0.05) is 17.7 Å². The molecule has 106 valence electrons. The summed E-state index contributed by atoms with van der Waals surface area (Å²) in [6.45, 7) is 0. The first kappa shape index (κ1) is 13.6. The van der Waals surface area contributed by atoms with Crippen LogP contribution in [0.5, 0.6) is 5.75 Å². The summed E-state index contributed by atoms with van der Waals surface area (Å²) >= 11 is 5.75. The van der Waals surface area contributed by atoms with E-state index in [2.05, 4.69) is 4.98 Å². The summed E-state index contributed by atoms with van der Waals surface area (Å²) in [4.78, 5) is 15.9. The van der Waals surface area contributed by atoms with Crippen LogP contribution in [-0.4, -0.2) is 16.5 Å². The number of fused-ring (bicyclic) bond motifs is 1. The number of hydrogen-bond donors (Lipinski definition) is 0. The van der Waals surface area contributed by atoms with Crippen LogP contribution in [-0.2, 0) is 0 Å². The highest BCUT2D eigenvalue weighted by atomic mass is 35.5. The molecule has 0 N–H and O–H groups in total. The number of benzene rings is 1. The van der Waals surface area contributed by atoms with Crippen molar-refractivity contribution in [3.8, 4) is 16.9 Å². The molecule has 0 aliphatic rings. The van der Waals surface area contributed by atoms with E-state index in [4.69, 9.17) is 16.3 Å². The minimum atomic E-state index is -0.461. The summed E-state index contributed by atoms with van der Waals surface area (Å²) in [5, 5.41) is 0.142. The van der Waals surface area contributed by atoms with E-state index in [1.54, 1.807) is 24.4 Å². The lowest BCUT2D eigenvalue weighted by atomic mass is 10.1. The second kappa shape index (κ2) is 5.18. The van der Waals surface area contributed by atoms with Crippen LogP contribution < -0.4 is 10.3 Å². The Labute approximate surface area is 124 Å². The quantitative estimate of drug-likeness (QED) is 0.683. The minimum absolute atomic E-state index is 0.142. The minimum Gasteiger partial charge on any atom is -0.494 e. The predicted octanol–water partition coefficient (Wildman–Crippen LogP) is 3.16. The van der Waals surface area contributed by atoms with Crippen molar-refractivity contribution in [2.75, 3.05) is 7.11 Å². The van der Waals surface area contributed by atoms with Crippen LogP contribution in [0.2, 0.25) is 5.15 Å². The van der Waals surface area contributed by atoms with Crippen molar-refractivity contribution in [2.24, 2.45) is 0 Å². The summed E-state index contributed by atoms with van der Waals surface area (Å²) in [6.07, 6.45) is 1.60. The van der Waals surface area contributed by atoms with Crippen molar-refractivity contribution >= 4 is 17.2 Å². The first-order valence-electron chi connectivity index (χ1n) is 6.11. The highest BCUT2D eigenvalue weighted by Gasteiger charge is 2.07. The van der Waals surface area contributed by atoms with Gasteiger partial charge in [-0.3, -0.25) is 9.20 Å². The van der Waals surface area contributed by atoms with Crippen molar-refractivity contribution in [3.05, 3.63) is 63.9 Å². The van der Waals surface area contributed by atoms with Gasteiger partial charge in [0.15, 0.2) is 11.6 Å². The number of ether oxygens (including phenoxy) is 1. The Morgan fingerprint density at radius 1 is 1.19 bits per heavy atom. The Kier molecular flexibility index (Phi) is 3.35. The fourth-order valence-corrected chi connectivity index (χ4v) is 2.27. The van der Waals surface area contributed by atoms with Crippen LogP contribution in [0.1, 0.15) is 0 Å². The van der Waals surface area contributed by atoms with Crippen molar-refractivity contribution < 1.29 is 9.13 Å². The third-order valence-corrected chi connectivity index (χ3v) is 3.31.